The van der Waals surface area contributed by atoms with Gasteiger partial charge < -0.3 is 5.11 Å². The number of Topliss-reactive ketones (excluding diaryl/α,β-unsaturated/α-hetero) is 1. The number of ketones is 1. The topological polar surface area (TPSA) is 37.3 Å². The molecule has 1 fully saturated rings. The molecule has 196 valence electrons. The van der Waals surface area contributed by atoms with E-state index >= 15 is 0 Å². The van der Waals surface area contributed by atoms with Crippen molar-refractivity contribution in [2.75, 3.05) is 0 Å². The zero-order valence-corrected chi connectivity index (χ0v) is 25.7. The molecule has 0 bridgehead atoms. The average molecular weight is 457 g/mol. The maximum Gasteiger partial charge on any atom is 0.136 e. The van der Waals surface area contributed by atoms with Crippen molar-refractivity contribution < 1.29 is 9.90 Å². The minimum Gasteiger partial charge on any atom is -0.391 e. The first-order valence-electron chi connectivity index (χ1n) is 12.7. The summed E-state index contributed by atoms with van der Waals surface area (Å²) in [5, 5.41) is 8.52. The molecule has 1 unspecified atom stereocenters. The fourth-order valence-electron chi connectivity index (χ4n) is 1.66. The lowest BCUT2D eigenvalue weighted by molar-refractivity contribution is -0.120. The third-order valence-electron chi connectivity index (χ3n) is 5.70. The van der Waals surface area contributed by atoms with Gasteiger partial charge in [0.1, 0.15) is 5.78 Å². The number of hydrogen-bond acceptors (Lipinski definition) is 2. The molecular formula is C30H64O2. The largest absolute Gasteiger partial charge is 0.391 e. The van der Waals surface area contributed by atoms with E-state index in [2.05, 4.69) is 96.1 Å². The molecule has 0 saturated heterocycles. The molecular weight excluding hydrogens is 392 g/mol. The van der Waals surface area contributed by atoms with Crippen LogP contribution in [0.25, 0.3) is 0 Å². The van der Waals surface area contributed by atoms with Crippen molar-refractivity contribution in [1.29, 1.82) is 0 Å². The summed E-state index contributed by atoms with van der Waals surface area (Å²) in [6.07, 6.45) is 3.94. The van der Waals surface area contributed by atoms with Gasteiger partial charge >= 0.3 is 0 Å². The fraction of sp³-hybridized carbons (Fsp3) is 0.900. The van der Waals surface area contributed by atoms with Gasteiger partial charge in [0.25, 0.3) is 0 Å². The number of hydrogen-bond donors (Lipinski definition) is 1. The van der Waals surface area contributed by atoms with Gasteiger partial charge in [-0.1, -0.05) is 94.7 Å². The molecule has 0 aromatic heterocycles. The molecule has 0 aromatic carbocycles. The highest BCUT2D eigenvalue weighted by Crippen LogP contribution is 2.37. The second-order valence-corrected chi connectivity index (χ2v) is 13.5. The number of allylic oxidation sites excluding steroid dienone is 2. The summed E-state index contributed by atoms with van der Waals surface area (Å²) >= 11 is 0. The van der Waals surface area contributed by atoms with Crippen molar-refractivity contribution in [2.24, 2.45) is 34.5 Å². The number of carbonyl (C=O) groups excluding carboxylic acids is 1. The van der Waals surface area contributed by atoms with Gasteiger partial charge in [0, 0.05) is 12.3 Å². The smallest absolute Gasteiger partial charge is 0.136 e. The maximum absolute atomic E-state index is 11.0. The Morgan fingerprint density at radius 3 is 1.22 bits per heavy atom. The molecule has 0 spiro atoms. The zero-order valence-electron chi connectivity index (χ0n) is 25.7. The molecule has 1 rings (SSSR count). The molecule has 2 heteroatoms. The van der Waals surface area contributed by atoms with E-state index in [1.807, 2.05) is 13.8 Å². The van der Waals surface area contributed by atoms with Crippen molar-refractivity contribution in [3.63, 3.8) is 0 Å². The highest BCUT2D eigenvalue weighted by molar-refractivity contribution is 5.83. The van der Waals surface area contributed by atoms with Gasteiger partial charge in [-0.3, -0.25) is 4.79 Å². The van der Waals surface area contributed by atoms with Crippen LogP contribution in [0.4, 0.5) is 0 Å². The Bertz CT molecular complexity index is 464. The summed E-state index contributed by atoms with van der Waals surface area (Å²) in [6.45, 7) is 38.0. The summed E-state index contributed by atoms with van der Waals surface area (Å²) in [7, 11) is 0. The quantitative estimate of drug-likeness (QED) is 0.398. The standard InChI is InChI=1S/C8H14O.C7H16.C6H14.C5H10.C4H10O/c1-6-4-8(2,3)5-7(6)9;1-6(2)7(3,4)5;1-5(2)6(3)4;1-4-5(2)3;1-4(2,3)5/h6H,4-5H2,1-3H3;6H,1-5H3;5-6H,1-4H3;4H,1-3H3;5H,1-3H3. The van der Waals surface area contributed by atoms with Gasteiger partial charge in [-0.2, -0.15) is 0 Å². The Morgan fingerprint density at radius 2 is 1.19 bits per heavy atom. The molecule has 32 heavy (non-hydrogen) atoms. The summed E-state index contributed by atoms with van der Waals surface area (Å²) in [6, 6.07) is 0. The highest BCUT2D eigenvalue weighted by Gasteiger charge is 2.34. The molecule has 1 N–H and O–H groups in total. The maximum atomic E-state index is 11.0. The summed E-state index contributed by atoms with van der Waals surface area (Å²) in [5.74, 6) is 3.27. The molecule has 0 amide bonds. The van der Waals surface area contributed by atoms with Crippen LogP contribution in [0.3, 0.4) is 0 Å². The Kier molecular flexibility index (Phi) is 21.5. The van der Waals surface area contributed by atoms with Crippen LogP contribution in [-0.2, 0) is 4.79 Å². The Morgan fingerprint density at radius 1 is 0.938 bits per heavy atom. The molecule has 2 nitrogen and oxygen atoms in total. The van der Waals surface area contributed by atoms with E-state index in [0.29, 0.717) is 17.1 Å². The van der Waals surface area contributed by atoms with E-state index < -0.39 is 5.60 Å². The van der Waals surface area contributed by atoms with Gasteiger partial charge in [0.15, 0.2) is 0 Å². The van der Waals surface area contributed by atoms with Crippen LogP contribution < -0.4 is 0 Å². The number of carbonyl (C=O) groups is 1. The van der Waals surface area contributed by atoms with Crippen LogP contribution in [0.1, 0.15) is 137 Å². The first kappa shape index (κ1) is 38.6. The van der Waals surface area contributed by atoms with E-state index in [9.17, 15) is 4.79 Å². The first-order chi connectivity index (χ1) is 13.9. The van der Waals surface area contributed by atoms with Crippen LogP contribution >= 0.6 is 0 Å². The summed E-state index contributed by atoms with van der Waals surface area (Å²) in [5.41, 5.74) is 1.67. The van der Waals surface area contributed by atoms with Gasteiger partial charge in [-0.05, 0) is 76.5 Å². The van der Waals surface area contributed by atoms with E-state index in [0.717, 1.165) is 30.6 Å². The predicted molar refractivity (Wildman–Crippen MR) is 148 cm³/mol. The predicted octanol–water partition coefficient (Wildman–Crippen LogP) is 9.75. The number of rotatable bonds is 1. The molecule has 1 saturated carbocycles. The molecule has 0 aromatic rings. The molecule has 0 heterocycles. The second kappa shape index (κ2) is 17.8. The Hall–Kier alpha value is -0.630. The van der Waals surface area contributed by atoms with Gasteiger partial charge in [0.05, 0.1) is 5.60 Å². The van der Waals surface area contributed by atoms with Crippen molar-refractivity contribution in [3.05, 3.63) is 11.6 Å². The minimum absolute atomic E-state index is 0.288. The lowest BCUT2D eigenvalue weighted by Crippen LogP contribution is -2.12. The van der Waals surface area contributed by atoms with Crippen molar-refractivity contribution in [3.8, 4) is 0 Å². The van der Waals surface area contributed by atoms with Crippen LogP contribution in [0.15, 0.2) is 11.6 Å². The van der Waals surface area contributed by atoms with Crippen LogP contribution in [-0.4, -0.2) is 16.5 Å². The normalized spacial score (nSPS) is 17.2. The van der Waals surface area contributed by atoms with Crippen molar-refractivity contribution in [1.82, 2.24) is 0 Å². The van der Waals surface area contributed by atoms with Crippen LogP contribution in [0, 0.1) is 34.5 Å². The minimum atomic E-state index is -0.500. The van der Waals surface area contributed by atoms with Crippen molar-refractivity contribution >= 4 is 5.78 Å². The lowest BCUT2D eigenvalue weighted by atomic mass is 9.84. The van der Waals surface area contributed by atoms with Crippen LogP contribution in [0.2, 0.25) is 0 Å². The van der Waals surface area contributed by atoms with Crippen molar-refractivity contribution in [2.45, 2.75) is 143 Å². The fourth-order valence-corrected chi connectivity index (χ4v) is 1.66. The SMILES string of the molecule is CC(C)(C)O.CC(C)C(C)(C)C.CC(C)C(C)C.CC1CC(C)(C)CC1=O.CC=C(C)C. The molecule has 0 radical (unpaired) electrons. The third kappa shape index (κ3) is 36.7. The second-order valence-electron chi connectivity index (χ2n) is 13.5. The summed E-state index contributed by atoms with van der Waals surface area (Å²) < 4.78 is 0. The molecule has 1 aliphatic carbocycles. The van der Waals surface area contributed by atoms with E-state index in [4.69, 9.17) is 5.11 Å². The van der Waals surface area contributed by atoms with E-state index in [1.165, 1.54) is 5.57 Å². The zero-order chi connectivity index (χ0) is 27.1. The van der Waals surface area contributed by atoms with E-state index in [1.54, 1.807) is 20.8 Å². The molecule has 1 atom stereocenters. The summed E-state index contributed by atoms with van der Waals surface area (Å²) in [4.78, 5) is 11.0. The molecule has 0 aliphatic heterocycles. The third-order valence-corrected chi connectivity index (χ3v) is 5.70. The molecule has 1 aliphatic rings. The Labute approximate surface area is 205 Å². The number of aliphatic hydroxyl groups is 1. The average Bonchev–Trinajstić information content (AvgIpc) is 2.76. The van der Waals surface area contributed by atoms with Gasteiger partial charge in [-0.15, -0.1) is 0 Å². The first-order valence-corrected chi connectivity index (χ1v) is 12.7. The highest BCUT2D eigenvalue weighted by atomic mass is 16.3. The lowest BCUT2D eigenvalue weighted by Gasteiger charge is -2.22. The van der Waals surface area contributed by atoms with Gasteiger partial charge in [0.2, 0.25) is 0 Å². The van der Waals surface area contributed by atoms with Gasteiger partial charge in [-0.25, -0.2) is 0 Å². The van der Waals surface area contributed by atoms with E-state index in [-0.39, 0.29) is 5.41 Å². The monoisotopic (exact) mass is 456 g/mol. The Balaban J connectivity index is -0.000000157. The van der Waals surface area contributed by atoms with Crippen LogP contribution in [0.5, 0.6) is 0 Å².